The number of hydrogen-bond donors (Lipinski definition) is 2. The normalized spacial score (nSPS) is 23.4. The second-order valence-corrected chi connectivity index (χ2v) is 8.57. The van der Waals surface area contributed by atoms with Crippen LogP contribution in [0.2, 0.25) is 0 Å². The fourth-order valence-electron chi connectivity index (χ4n) is 3.41. The van der Waals surface area contributed by atoms with Crippen LogP contribution in [0.15, 0.2) is 0 Å². The quantitative estimate of drug-likeness (QED) is 0.839. The van der Waals surface area contributed by atoms with Crippen LogP contribution < -0.4 is 11.1 Å². The highest BCUT2D eigenvalue weighted by Crippen LogP contribution is 2.37. The third kappa shape index (κ3) is 3.36. The van der Waals surface area contributed by atoms with Crippen molar-refractivity contribution < 1.29 is 9.59 Å². The molecule has 1 atom stereocenters. The molecule has 0 aromatic carbocycles. The predicted molar refractivity (Wildman–Crippen MR) is 90.8 cm³/mol. The van der Waals surface area contributed by atoms with Gasteiger partial charge in [0.1, 0.15) is 5.78 Å². The predicted octanol–water partition coefficient (Wildman–Crippen LogP) is 2.23. The van der Waals surface area contributed by atoms with Gasteiger partial charge in [0, 0.05) is 34.7 Å². The van der Waals surface area contributed by atoms with Gasteiger partial charge >= 0.3 is 0 Å². The molecule has 1 heterocycles. The summed E-state index contributed by atoms with van der Waals surface area (Å²) >= 11 is 1.68. The Bertz CT molecular complexity index is 644. The summed E-state index contributed by atoms with van der Waals surface area (Å²) < 4.78 is 0. The van der Waals surface area contributed by atoms with Gasteiger partial charge in [0.15, 0.2) is 0 Å². The largest absolute Gasteiger partial charge is 0.352 e. The van der Waals surface area contributed by atoms with Crippen molar-refractivity contribution in [2.45, 2.75) is 57.4 Å². The molecular formula is C18H24N2O2S. The van der Waals surface area contributed by atoms with E-state index in [4.69, 9.17) is 5.73 Å². The lowest BCUT2D eigenvalue weighted by molar-refractivity contribution is -0.119. The summed E-state index contributed by atoms with van der Waals surface area (Å²) in [6.07, 6.45) is 7.63. The molecule has 2 saturated carbocycles. The van der Waals surface area contributed by atoms with E-state index in [2.05, 4.69) is 5.32 Å². The van der Waals surface area contributed by atoms with E-state index >= 15 is 0 Å². The third-order valence-corrected chi connectivity index (χ3v) is 6.51. The van der Waals surface area contributed by atoms with Crippen LogP contribution >= 0.6 is 11.3 Å². The summed E-state index contributed by atoms with van der Waals surface area (Å²) in [7, 11) is 0. The Morgan fingerprint density at radius 2 is 1.96 bits per heavy atom. The average Bonchev–Trinajstić information content (AvgIpc) is 3.42. The van der Waals surface area contributed by atoms with Gasteiger partial charge in [0.05, 0.1) is 5.56 Å². The van der Waals surface area contributed by atoms with Gasteiger partial charge in [-0.15, -0.1) is 11.3 Å². The summed E-state index contributed by atoms with van der Waals surface area (Å²) in [5, 5.41) is 3.09. The molecule has 0 bridgehead atoms. The first kappa shape index (κ1) is 15.3. The van der Waals surface area contributed by atoms with E-state index in [9.17, 15) is 9.59 Å². The zero-order valence-corrected chi connectivity index (χ0v) is 14.2. The molecular weight excluding hydrogens is 308 g/mol. The summed E-state index contributed by atoms with van der Waals surface area (Å²) in [6, 6.07) is 0.138. The molecule has 1 aromatic heterocycles. The Balaban J connectivity index is 1.60. The Morgan fingerprint density at radius 3 is 2.65 bits per heavy atom. The number of thiophene rings is 1. The van der Waals surface area contributed by atoms with Crippen molar-refractivity contribution in [3.8, 4) is 0 Å². The number of amides is 1. The molecule has 23 heavy (non-hydrogen) atoms. The smallest absolute Gasteiger partial charge is 0.252 e. The minimum absolute atomic E-state index is 0.0158. The SMILES string of the molecule is NC1CCc2sc(CC(=O)C3CC3)c(C(=O)NCC3CC3)c2C1. The number of ketones is 1. The standard InChI is InChI=1S/C18H24N2O2S/c19-12-5-6-15-13(7-12)17(18(22)20-9-10-1-2-10)16(23-15)8-14(21)11-3-4-11/h10-12H,1-9,19H2,(H,20,22). The van der Waals surface area contributed by atoms with Crippen molar-refractivity contribution in [3.05, 3.63) is 20.9 Å². The van der Waals surface area contributed by atoms with E-state index in [1.807, 2.05) is 0 Å². The highest BCUT2D eigenvalue weighted by Gasteiger charge is 2.33. The Hall–Kier alpha value is -1.20. The lowest BCUT2D eigenvalue weighted by atomic mass is 9.90. The van der Waals surface area contributed by atoms with Gasteiger partial charge in [0.25, 0.3) is 5.91 Å². The van der Waals surface area contributed by atoms with Gasteiger partial charge < -0.3 is 11.1 Å². The molecule has 1 aromatic rings. The van der Waals surface area contributed by atoms with Crippen LogP contribution in [0.1, 0.15) is 57.8 Å². The van der Waals surface area contributed by atoms with Gasteiger partial charge in [-0.1, -0.05) is 0 Å². The topological polar surface area (TPSA) is 72.2 Å². The second-order valence-electron chi connectivity index (χ2n) is 7.38. The van der Waals surface area contributed by atoms with Crippen LogP contribution in [0.3, 0.4) is 0 Å². The number of aryl methyl sites for hydroxylation is 1. The van der Waals surface area contributed by atoms with Crippen molar-refractivity contribution >= 4 is 23.0 Å². The highest BCUT2D eigenvalue weighted by atomic mass is 32.1. The second kappa shape index (κ2) is 6.02. The van der Waals surface area contributed by atoms with E-state index in [0.717, 1.165) is 54.7 Å². The molecule has 0 saturated heterocycles. The zero-order valence-electron chi connectivity index (χ0n) is 13.4. The molecule has 2 fully saturated rings. The molecule has 0 spiro atoms. The van der Waals surface area contributed by atoms with Crippen molar-refractivity contribution in [1.82, 2.24) is 5.32 Å². The number of hydrogen-bond acceptors (Lipinski definition) is 4. The summed E-state index contributed by atoms with van der Waals surface area (Å²) in [6.45, 7) is 0.769. The average molecular weight is 332 g/mol. The Labute approximate surface area is 140 Å². The molecule has 1 amide bonds. The summed E-state index contributed by atoms with van der Waals surface area (Å²) in [5.41, 5.74) is 8.04. The molecule has 4 nitrogen and oxygen atoms in total. The lowest BCUT2D eigenvalue weighted by Crippen LogP contribution is -2.31. The van der Waals surface area contributed by atoms with Crippen LogP contribution in [0.5, 0.6) is 0 Å². The molecule has 5 heteroatoms. The fourth-order valence-corrected chi connectivity index (χ4v) is 4.77. The summed E-state index contributed by atoms with van der Waals surface area (Å²) in [5.74, 6) is 1.23. The van der Waals surface area contributed by atoms with E-state index in [-0.39, 0.29) is 17.9 Å². The maximum Gasteiger partial charge on any atom is 0.252 e. The molecule has 124 valence electrons. The number of carbonyl (C=O) groups excluding carboxylic acids is 2. The molecule has 3 aliphatic rings. The first-order chi connectivity index (χ1) is 11.1. The lowest BCUT2D eigenvalue weighted by Gasteiger charge is -2.19. The van der Waals surface area contributed by atoms with Crippen molar-refractivity contribution in [2.75, 3.05) is 6.54 Å². The van der Waals surface area contributed by atoms with Crippen LogP contribution in [-0.4, -0.2) is 24.3 Å². The Morgan fingerprint density at radius 1 is 1.17 bits per heavy atom. The van der Waals surface area contributed by atoms with E-state index in [0.29, 0.717) is 18.1 Å². The van der Waals surface area contributed by atoms with Crippen LogP contribution in [0, 0.1) is 11.8 Å². The van der Waals surface area contributed by atoms with Crippen LogP contribution in [-0.2, 0) is 24.1 Å². The molecule has 4 rings (SSSR count). The zero-order chi connectivity index (χ0) is 16.0. The number of nitrogens with one attached hydrogen (secondary N) is 1. The van der Waals surface area contributed by atoms with Gasteiger partial charge in [-0.25, -0.2) is 0 Å². The number of Topliss-reactive ketones (excluding diaryl/α,β-unsaturated/α-hetero) is 1. The van der Waals surface area contributed by atoms with E-state index < -0.39 is 0 Å². The van der Waals surface area contributed by atoms with Gasteiger partial charge in [-0.05, 0) is 56.4 Å². The van der Waals surface area contributed by atoms with Crippen LogP contribution in [0.25, 0.3) is 0 Å². The molecule has 1 unspecified atom stereocenters. The third-order valence-electron chi connectivity index (χ3n) is 5.21. The molecule has 3 aliphatic carbocycles. The Kier molecular flexibility index (Phi) is 4.01. The number of rotatable bonds is 6. The van der Waals surface area contributed by atoms with E-state index in [1.165, 1.54) is 17.7 Å². The number of nitrogens with two attached hydrogens (primary N) is 1. The summed E-state index contributed by atoms with van der Waals surface area (Å²) in [4.78, 5) is 27.3. The van der Waals surface area contributed by atoms with Gasteiger partial charge in [-0.2, -0.15) is 0 Å². The van der Waals surface area contributed by atoms with E-state index in [1.54, 1.807) is 11.3 Å². The van der Waals surface area contributed by atoms with Gasteiger partial charge in [-0.3, -0.25) is 9.59 Å². The maximum absolute atomic E-state index is 12.7. The molecule has 3 N–H and O–H groups in total. The first-order valence-corrected chi connectivity index (χ1v) is 9.63. The fraction of sp³-hybridized carbons (Fsp3) is 0.667. The van der Waals surface area contributed by atoms with Gasteiger partial charge in [0.2, 0.25) is 0 Å². The molecule has 0 radical (unpaired) electrons. The monoisotopic (exact) mass is 332 g/mol. The minimum Gasteiger partial charge on any atom is -0.352 e. The highest BCUT2D eigenvalue weighted by molar-refractivity contribution is 7.12. The van der Waals surface area contributed by atoms with Crippen molar-refractivity contribution in [3.63, 3.8) is 0 Å². The molecule has 0 aliphatic heterocycles. The number of fused-ring (bicyclic) bond motifs is 1. The van der Waals surface area contributed by atoms with Crippen LogP contribution in [0.4, 0.5) is 0 Å². The number of carbonyl (C=O) groups is 2. The minimum atomic E-state index is 0.0158. The van der Waals surface area contributed by atoms with Crippen molar-refractivity contribution in [2.24, 2.45) is 17.6 Å². The first-order valence-electron chi connectivity index (χ1n) is 8.81. The van der Waals surface area contributed by atoms with Crippen molar-refractivity contribution in [1.29, 1.82) is 0 Å². The maximum atomic E-state index is 12.7.